The fourth-order valence-electron chi connectivity index (χ4n) is 3.28. The zero-order chi connectivity index (χ0) is 23.3. The topological polar surface area (TPSA) is 86.8 Å². The number of nitrogens with one attached hydrogen (secondary N) is 1. The Balaban J connectivity index is 2.42. The number of amides is 2. The van der Waals surface area contributed by atoms with Gasteiger partial charge in [-0.2, -0.15) is 0 Å². The minimum absolute atomic E-state index is 0.193. The maximum Gasteiger partial charge on any atom is 0.244 e. The number of nitrogens with zero attached hydrogens (tertiary/aromatic N) is 2. The molecule has 0 unspecified atom stereocenters. The first-order valence-electron chi connectivity index (χ1n) is 10.1. The zero-order valence-electron chi connectivity index (χ0n) is 19.0. The molecular formula is C23H31N3O4S. The fraction of sp³-hybridized carbons (Fsp3) is 0.391. The van der Waals surface area contributed by atoms with E-state index in [-0.39, 0.29) is 12.5 Å². The van der Waals surface area contributed by atoms with Crippen molar-refractivity contribution >= 4 is 27.5 Å². The zero-order valence-corrected chi connectivity index (χ0v) is 19.8. The number of sulfonamides is 1. The standard InChI is InChI=1S/C23H31N3O4S/c1-16-10-12-20(13-11-16)14-25(19(4)23(28)24-5)22(27)15-26(31(6,29)30)21-9-7-8-17(2)18(21)3/h7-13,19H,14-15H2,1-6H3,(H,24,28)/t19-/m1/s1. The number of aryl methyl sites for hydroxylation is 2. The molecule has 168 valence electrons. The van der Waals surface area contributed by atoms with Gasteiger partial charge in [-0.3, -0.25) is 13.9 Å². The second-order valence-electron chi connectivity index (χ2n) is 7.79. The van der Waals surface area contributed by atoms with Gasteiger partial charge in [0.15, 0.2) is 0 Å². The molecule has 0 radical (unpaired) electrons. The number of hydrogen-bond acceptors (Lipinski definition) is 4. The SMILES string of the molecule is CNC(=O)[C@@H](C)N(Cc1ccc(C)cc1)C(=O)CN(c1cccc(C)c1C)S(C)(=O)=O. The Hall–Kier alpha value is -2.87. The fourth-order valence-corrected chi connectivity index (χ4v) is 4.18. The summed E-state index contributed by atoms with van der Waals surface area (Å²) in [5.41, 5.74) is 4.10. The van der Waals surface area contributed by atoms with Crippen LogP contribution in [-0.4, -0.2) is 51.0 Å². The molecule has 2 rings (SSSR count). The Morgan fingerprint density at radius 3 is 2.19 bits per heavy atom. The van der Waals surface area contributed by atoms with Crippen molar-refractivity contribution in [3.05, 3.63) is 64.7 Å². The molecule has 0 aromatic heterocycles. The summed E-state index contributed by atoms with van der Waals surface area (Å²) >= 11 is 0. The maximum atomic E-state index is 13.3. The van der Waals surface area contributed by atoms with Gasteiger partial charge in [0.2, 0.25) is 21.8 Å². The summed E-state index contributed by atoms with van der Waals surface area (Å²) in [5, 5.41) is 2.56. The highest BCUT2D eigenvalue weighted by molar-refractivity contribution is 7.92. The average molecular weight is 446 g/mol. The number of anilines is 1. The first kappa shape index (κ1) is 24.4. The van der Waals surface area contributed by atoms with E-state index < -0.39 is 28.5 Å². The van der Waals surface area contributed by atoms with Gasteiger partial charge in [0, 0.05) is 13.6 Å². The Morgan fingerprint density at radius 2 is 1.65 bits per heavy atom. The third-order valence-corrected chi connectivity index (χ3v) is 6.54. The molecule has 0 fully saturated rings. The van der Waals surface area contributed by atoms with Gasteiger partial charge in [-0.25, -0.2) is 8.42 Å². The lowest BCUT2D eigenvalue weighted by Crippen LogP contribution is -2.50. The minimum Gasteiger partial charge on any atom is -0.357 e. The number of likely N-dealkylation sites (N-methyl/N-ethyl adjacent to an activating group) is 1. The van der Waals surface area contributed by atoms with Crippen LogP contribution in [0, 0.1) is 20.8 Å². The molecule has 0 saturated heterocycles. The Kier molecular flexibility index (Phi) is 7.84. The van der Waals surface area contributed by atoms with E-state index in [1.165, 1.54) is 11.9 Å². The molecule has 1 atom stereocenters. The molecule has 8 heteroatoms. The molecule has 0 saturated carbocycles. The lowest BCUT2D eigenvalue weighted by molar-refractivity contribution is -0.139. The largest absolute Gasteiger partial charge is 0.357 e. The van der Waals surface area contributed by atoms with Gasteiger partial charge in [-0.1, -0.05) is 42.0 Å². The second-order valence-corrected chi connectivity index (χ2v) is 9.69. The van der Waals surface area contributed by atoms with Gasteiger partial charge >= 0.3 is 0 Å². The summed E-state index contributed by atoms with van der Waals surface area (Å²) < 4.78 is 26.3. The Morgan fingerprint density at radius 1 is 1.03 bits per heavy atom. The van der Waals surface area contributed by atoms with Crippen LogP contribution >= 0.6 is 0 Å². The van der Waals surface area contributed by atoms with Crippen LogP contribution in [0.1, 0.15) is 29.2 Å². The first-order valence-corrected chi connectivity index (χ1v) is 11.9. The highest BCUT2D eigenvalue weighted by Gasteiger charge is 2.30. The van der Waals surface area contributed by atoms with Gasteiger partial charge < -0.3 is 10.2 Å². The van der Waals surface area contributed by atoms with Crippen LogP contribution in [0.4, 0.5) is 5.69 Å². The molecule has 31 heavy (non-hydrogen) atoms. The van der Waals surface area contributed by atoms with Crippen LogP contribution in [0.3, 0.4) is 0 Å². The number of hydrogen-bond donors (Lipinski definition) is 1. The van der Waals surface area contributed by atoms with E-state index in [1.54, 1.807) is 19.1 Å². The third-order valence-electron chi connectivity index (χ3n) is 5.41. The van der Waals surface area contributed by atoms with Crippen molar-refractivity contribution in [3.8, 4) is 0 Å². The molecule has 0 aliphatic heterocycles. The average Bonchev–Trinajstić information content (AvgIpc) is 2.71. The summed E-state index contributed by atoms with van der Waals surface area (Å²) in [7, 11) is -2.22. The lowest BCUT2D eigenvalue weighted by atomic mass is 10.1. The maximum absolute atomic E-state index is 13.3. The predicted octanol–water partition coefficient (Wildman–Crippen LogP) is 2.54. The van der Waals surface area contributed by atoms with Gasteiger partial charge in [0.05, 0.1) is 11.9 Å². The molecule has 2 aromatic rings. The van der Waals surface area contributed by atoms with Crippen molar-refractivity contribution in [3.63, 3.8) is 0 Å². The van der Waals surface area contributed by atoms with Crippen LogP contribution in [0.15, 0.2) is 42.5 Å². The summed E-state index contributed by atoms with van der Waals surface area (Å²) in [6.07, 6.45) is 1.08. The van der Waals surface area contributed by atoms with Crippen LogP contribution < -0.4 is 9.62 Å². The van der Waals surface area contributed by atoms with E-state index in [9.17, 15) is 18.0 Å². The molecule has 1 N–H and O–H groups in total. The minimum atomic E-state index is -3.73. The summed E-state index contributed by atoms with van der Waals surface area (Å²) in [5.74, 6) is -0.777. The predicted molar refractivity (Wildman–Crippen MR) is 123 cm³/mol. The molecule has 0 spiro atoms. The van der Waals surface area contributed by atoms with Crippen LogP contribution in [0.5, 0.6) is 0 Å². The van der Waals surface area contributed by atoms with E-state index in [2.05, 4.69) is 5.32 Å². The highest BCUT2D eigenvalue weighted by Crippen LogP contribution is 2.25. The second kappa shape index (κ2) is 9.96. The van der Waals surface area contributed by atoms with E-state index in [0.29, 0.717) is 5.69 Å². The van der Waals surface area contributed by atoms with Crippen molar-refractivity contribution < 1.29 is 18.0 Å². The number of rotatable bonds is 8. The van der Waals surface area contributed by atoms with Crippen molar-refractivity contribution in [1.29, 1.82) is 0 Å². The summed E-state index contributed by atoms with van der Waals surface area (Å²) in [4.78, 5) is 27.1. The van der Waals surface area contributed by atoms with Crippen LogP contribution in [0.2, 0.25) is 0 Å². The van der Waals surface area contributed by atoms with Crippen LogP contribution in [-0.2, 0) is 26.2 Å². The third kappa shape index (κ3) is 6.07. The van der Waals surface area contributed by atoms with E-state index in [0.717, 1.165) is 32.8 Å². The van der Waals surface area contributed by atoms with Gasteiger partial charge in [-0.05, 0) is 50.5 Å². The van der Waals surface area contributed by atoms with Gasteiger partial charge in [0.1, 0.15) is 12.6 Å². The molecule has 0 aliphatic carbocycles. The lowest BCUT2D eigenvalue weighted by Gasteiger charge is -2.31. The highest BCUT2D eigenvalue weighted by atomic mass is 32.2. The molecular weight excluding hydrogens is 414 g/mol. The van der Waals surface area contributed by atoms with Gasteiger partial charge in [0.25, 0.3) is 0 Å². The summed E-state index contributed by atoms with van der Waals surface area (Å²) in [6, 6.07) is 12.2. The molecule has 2 amide bonds. The Labute approximate surface area is 185 Å². The monoisotopic (exact) mass is 445 g/mol. The molecule has 0 aliphatic rings. The molecule has 0 bridgehead atoms. The number of carbonyl (C=O) groups is 2. The molecule has 2 aromatic carbocycles. The van der Waals surface area contributed by atoms with Crippen molar-refractivity contribution in [1.82, 2.24) is 10.2 Å². The Bertz CT molecular complexity index is 1050. The van der Waals surface area contributed by atoms with E-state index in [1.807, 2.05) is 51.1 Å². The van der Waals surface area contributed by atoms with Crippen molar-refractivity contribution in [2.75, 3.05) is 24.2 Å². The van der Waals surface area contributed by atoms with Crippen molar-refractivity contribution in [2.45, 2.75) is 40.3 Å². The normalized spacial score (nSPS) is 12.2. The van der Waals surface area contributed by atoms with Gasteiger partial charge in [-0.15, -0.1) is 0 Å². The smallest absolute Gasteiger partial charge is 0.244 e. The quantitative estimate of drug-likeness (QED) is 0.677. The molecule has 7 nitrogen and oxygen atoms in total. The van der Waals surface area contributed by atoms with Crippen molar-refractivity contribution in [2.24, 2.45) is 0 Å². The number of carbonyl (C=O) groups excluding carboxylic acids is 2. The first-order chi connectivity index (χ1) is 14.5. The van der Waals surface area contributed by atoms with Crippen LogP contribution in [0.25, 0.3) is 0 Å². The molecule has 0 heterocycles. The summed E-state index contributed by atoms with van der Waals surface area (Å²) in [6.45, 7) is 7.11. The number of benzene rings is 2. The van der Waals surface area contributed by atoms with E-state index >= 15 is 0 Å². The van der Waals surface area contributed by atoms with E-state index in [4.69, 9.17) is 0 Å².